The van der Waals surface area contributed by atoms with Gasteiger partial charge in [0.15, 0.2) is 0 Å². The van der Waals surface area contributed by atoms with Crippen molar-refractivity contribution in [2.45, 2.75) is 6.92 Å². The predicted octanol–water partition coefficient (Wildman–Crippen LogP) is 5.54. The molecule has 0 unspecified atom stereocenters. The van der Waals surface area contributed by atoms with Crippen molar-refractivity contribution in [2.75, 3.05) is 5.32 Å². The van der Waals surface area contributed by atoms with E-state index in [1.807, 2.05) is 91.7 Å². The third-order valence-electron chi connectivity index (χ3n) is 6.01. The maximum atomic E-state index is 12.8. The average molecular weight is 474 g/mol. The minimum atomic E-state index is -0.171. The largest absolute Gasteiger partial charge is 0.357 e. The summed E-state index contributed by atoms with van der Waals surface area (Å²) in [4.78, 5) is 22.3. The van der Waals surface area contributed by atoms with Gasteiger partial charge in [-0.05, 0) is 79.2 Å². The predicted molar refractivity (Wildman–Crippen MR) is 144 cm³/mol. The van der Waals surface area contributed by atoms with Crippen LogP contribution in [0.3, 0.4) is 0 Å². The first kappa shape index (κ1) is 23.1. The van der Waals surface area contributed by atoms with E-state index in [0.717, 1.165) is 38.6 Å². The van der Waals surface area contributed by atoms with E-state index < -0.39 is 0 Å². The van der Waals surface area contributed by atoms with E-state index in [9.17, 15) is 4.79 Å². The number of anilines is 1. The van der Waals surface area contributed by atoms with Crippen LogP contribution in [0.4, 0.5) is 17.1 Å². The van der Waals surface area contributed by atoms with E-state index in [4.69, 9.17) is 4.99 Å². The Bertz CT molecular complexity index is 1670. The smallest absolute Gasteiger partial charge is 0.255 e. The Balaban J connectivity index is 1.33. The maximum absolute atomic E-state index is 12.8. The van der Waals surface area contributed by atoms with Gasteiger partial charge in [0.2, 0.25) is 0 Å². The number of benzene rings is 3. The van der Waals surface area contributed by atoms with E-state index in [2.05, 4.69) is 40.1 Å². The fraction of sp³-hybridized carbons (Fsp3) is 0.100. The number of hydrogen-bond acceptors (Lipinski definition) is 3. The SMILES string of the molecule is Cc1cn(C)c2ccccc2c1=Nc1ccc(C(=O)Nc2ccc(N=c3ccn(C)cc3)cc2)cc1. The molecule has 3 aromatic carbocycles. The van der Waals surface area contributed by atoms with E-state index in [-0.39, 0.29) is 5.91 Å². The molecule has 0 bridgehead atoms. The Hall–Kier alpha value is -4.71. The monoisotopic (exact) mass is 473 g/mol. The van der Waals surface area contributed by atoms with Crippen molar-refractivity contribution >= 4 is 33.9 Å². The molecule has 2 heterocycles. The zero-order valence-corrected chi connectivity index (χ0v) is 20.5. The summed E-state index contributed by atoms with van der Waals surface area (Å²) in [5, 5.41) is 5.86. The van der Waals surface area contributed by atoms with Gasteiger partial charge in [0.25, 0.3) is 5.91 Å². The van der Waals surface area contributed by atoms with Crippen LogP contribution in [0.2, 0.25) is 0 Å². The lowest BCUT2D eigenvalue weighted by Gasteiger charge is -2.09. The minimum Gasteiger partial charge on any atom is -0.357 e. The molecule has 0 atom stereocenters. The number of rotatable bonds is 4. The van der Waals surface area contributed by atoms with Crippen molar-refractivity contribution in [1.29, 1.82) is 0 Å². The number of carbonyl (C=O) groups excluding carboxylic acids is 1. The fourth-order valence-corrected chi connectivity index (χ4v) is 4.12. The van der Waals surface area contributed by atoms with Crippen molar-refractivity contribution in [1.82, 2.24) is 9.13 Å². The van der Waals surface area contributed by atoms with Gasteiger partial charge in [0.05, 0.1) is 22.1 Å². The molecule has 0 aliphatic heterocycles. The molecule has 6 heteroatoms. The van der Waals surface area contributed by atoms with Crippen LogP contribution in [-0.2, 0) is 14.1 Å². The first-order valence-electron chi connectivity index (χ1n) is 11.7. The van der Waals surface area contributed by atoms with Crippen LogP contribution in [0.5, 0.6) is 0 Å². The van der Waals surface area contributed by atoms with Crippen LogP contribution >= 0.6 is 0 Å². The van der Waals surface area contributed by atoms with Crippen LogP contribution in [-0.4, -0.2) is 15.0 Å². The number of aromatic nitrogens is 2. The summed E-state index contributed by atoms with van der Waals surface area (Å²) < 4.78 is 4.07. The number of nitrogens with zero attached hydrogens (tertiary/aromatic N) is 4. The summed E-state index contributed by atoms with van der Waals surface area (Å²) >= 11 is 0. The number of hydrogen-bond donors (Lipinski definition) is 1. The molecule has 2 aromatic heterocycles. The molecule has 0 spiro atoms. The van der Waals surface area contributed by atoms with Crippen LogP contribution in [0, 0.1) is 6.92 Å². The quantitative estimate of drug-likeness (QED) is 0.366. The molecule has 1 amide bonds. The Morgan fingerprint density at radius 1 is 0.778 bits per heavy atom. The fourth-order valence-electron chi connectivity index (χ4n) is 4.12. The Kier molecular flexibility index (Phi) is 6.33. The van der Waals surface area contributed by atoms with Crippen LogP contribution in [0.15, 0.2) is 114 Å². The molecular formula is C30H27N5O. The number of carbonyl (C=O) groups is 1. The Labute approximate surface area is 209 Å². The molecule has 1 N–H and O–H groups in total. The summed E-state index contributed by atoms with van der Waals surface area (Å²) in [5.41, 5.74) is 5.12. The van der Waals surface area contributed by atoms with Gasteiger partial charge in [-0.2, -0.15) is 0 Å². The van der Waals surface area contributed by atoms with Crippen molar-refractivity contribution in [3.05, 3.63) is 125 Å². The van der Waals surface area contributed by atoms with Gasteiger partial charge in [-0.15, -0.1) is 0 Å². The molecule has 178 valence electrons. The van der Waals surface area contributed by atoms with Crippen LogP contribution in [0.25, 0.3) is 10.9 Å². The van der Waals surface area contributed by atoms with Crippen molar-refractivity contribution in [3.63, 3.8) is 0 Å². The minimum absolute atomic E-state index is 0.171. The normalized spacial score (nSPS) is 11.5. The molecule has 0 saturated carbocycles. The highest BCUT2D eigenvalue weighted by Gasteiger charge is 2.07. The molecule has 0 saturated heterocycles. The highest BCUT2D eigenvalue weighted by Crippen LogP contribution is 2.19. The third kappa shape index (κ3) is 5.03. The molecular weight excluding hydrogens is 446 g/mol. The number of amides is 1. The zero-order chi connectivity index (χ0) is 25.1. The van der Waals surface area contributed by atoms with Gasteiger partial charge in [0.1, 0.15) is 0 Å². The van der Waals surface area contributed by atoms with Gasteiger partial charge in [-0.1, -0.05) is 18.2 Å². The topological polar surface area (TPSA) is 63.7 Å². The maximum Gasteiger partial charge on any atom is 0.255 e. The molecule has 0 aliphatic rings. The summed E-state index contributed by atoms with van der Waals surface area (Å²) in [6.07, 6.45) is 5.99. The van der Waals surface area contributed by atoms with Gasteiger partial charge in [0, 0.05) is 54.8 Å². The number of para-hydroxylation sites is 1. The number of aryl methyl sites for hydroxylation is 3. The van der Waals surface area contributed by atoms with Gasteiger partial charge >= 0.3 is 0 Å². The van der Waals surface area contributed by atoms with Crippen molar-refractivity contribution in [3.8, 4) is 0 Å². The van der Waals surface area contributed by atoms with Crippen molar-refractivity contribution < 1.29 is 4.79 Å². The Morgan fingerprint density at radius 2 is 1.42 bits per heavy atom. The average Bonchev–Trinajstić information content (AvgIpc) is 2.89. The standard InChI is InChI=1S/C30H27N5O/c1-21-20-35(3)28-7-5-4-6-27(28)29(21)32-24-10-8-22(9-11-24)30(36)33-25-14-12-23(13-15-25)31-26-16-18-34(2)19-17-26/h4-20H,1-3H3,(H,33,36). The summed E-state index contributed by atoms with van der Waals surface area (Å²) in [6, 6.07) is 27.0. The molecule has 0 fully saturated rings. The second-order valence-corrected chi connectivity index (χ2v) is 8.78. The number of nitrogens with one attached hydrogen (secondary N) is 1. The van der Waals surface area contributed by atoms with Crippen LogP contribution < -0.4 is 16.0 Å². The lowest BCUT2D eigenvalue weighted by atomic mass is 10.1. The Morgan fingerprint density at radius 3 is 2.14 bits per heavy atom. The lowest BCUT2D eigenvalue weighted by Crippen LogP contribution is -2.12. The molecule has 5 aromatic rings. The van der Waals surface area contributed by atoms with E-state index in [1.54, 1.807) is 12.1 Å². The lowest BCUT2D eigenvalue weighted by molar-refractivity contribution is 0.102. The second kappa shape index (κ2) is 9.88. The molecule has 0 aliphatic carbocycles. The van der Waals surface area contributed by atoms with Crippen LogP contribution in [0.1, 0.15) is 15.9 Å². The molecule has 6 nitrogen and oxygen atoms in total. The first-order valence-corrected chi connectivity index (χ1v) is 11.7. The summed E-state index contributed by atoms with van der Waals surface area (Å²) in [5.74, 6) is -0.171. The molecule has 5 rings (SSSR count). The zero-order valence-electron chi connectivity index (χ0n) is 20.5. The second-order valence-electron chi connectivity index (χ2n) is 8.78. The first-order chi connectivity index (χ1) is 17.5. The van der Waals surface area contributed by atoms with Gasteiger partial charge < -0.3 is 14.5 Å². The number of pyridine rings is 2. The van der Waals surface area contributed by atoms with Gasteiger partial charge in [-0.25, -0.2) is 9.98 Å². The van der Waals surface area contributed by atoms with Gasteiger partial charge in [-0.3, -0.25) is 4.79 Å². The van der Waals surface area contributed by atoms with E-state index >= 15 is 0 Å². The highest BCUT2D eigenvalue weighted by atomic mass is 16.1. The third-order valence-corrected chi connectivity index (χ3v) is 6.01. The summed E-state index contributed by atoms with van der Waals surface area (Å²) in [7, 11) is 4.01. The molecule has 0 radical (unpaired) electrons. The number of fused-ring (bicyclic) bond motifs is 1. The molecule has 36 heavy (non-hydrogen) atoms. The summed E-state index contributed by atoms with van der Waals surface area (Å²) in [6.45, 7) is 2.06. The van der Waals surface area contributed by atoms with Crippen molar-refractivity contribution in [2.24, 2.45) is 24.1 Å². The van der Waals surface area contributed by atoms with E-state index in [1.165, 1.54) is 0 Å². The van der Waals surface area contributed by atoms with E-state index in [0.29, 0.717) is 11.3 Å². The highest BCUT2D eigenvalue weighted by molar-refractivity contribution is 6.04.